The highest BCUT2D eigenvalue weighted by Gasteiger charge is 2.20. The van der Waals surface area contributed by atoms with E-state index in [1.807, 2.05) is 12.1 Å². The molecule has 0 saturated carbocycles. The Morgan fingerprint density at radius 3 is 3.23 bits per heavy atom. The van der Waals surface area contributed by atoms with Crippen LogP contribution in [0.1, 0.15) is 12.8 Å². The van der Waals surface area contributed by atoms with Crippen LogP contribution in [0.5, 0.6) is 0 Å². The summed E-state index contributed by atoms with van der Waals surface area (Å²) >= 11 is 2.31. The van der Waals surface area contributed by atoms with Crippen LogP contribution in [-0.2, 0) is 16.1 Å². The molecule has 4 rings (SSSR count). The Bertz CT molecular complexity index is 975. The first-order chi connectivity index (χ1) is 12.7. The topological polar surface area (TPSA) is 115 Å². The predicted molar refractivity (Wildman–Crippen MR) is 98.6 cm³/mol. The predicted octanol–water partition coefficient (Wildman–Crippen LogP) is 1.49. The van der Waals surface area contributed by atoms with Crippen LogP contribution in [0.4, 0.5) is 5.69 Å². The van der Waals surface area contributed by atoms with Gasteiger partial charge in [-0.15, -0.1) is 5.10 Å². The number of H-pyrrole nitrogens is 1. The van der Waals surface area contributed by atoms with Gasteiger partial charge in [-0.25, -0.2) is 9.89 Å². The van der Waals surface area contributed by atoms with E-state index in [0.717, 1.165) is 36.7 Å². The van der Waals surface area contributed by atoms with Crippen molar-refractivity contribution in [2.45, 2.75) is 30.6 Å². The van der Waals surface area contributed by atoms with Gasteiger partial charge in [0, 0.05) is 6.61 Å². The molecule has 26 heavy (non-hydrogen) atoms. The third-order valence-electron chi connectivity index (χ3n) is 4.03. The Morgan fingerprint density at radius 1 is 1.46 bits per heavy atom. The average Bonchev–Trinajstić information content (AvgIpc) is 3.37. The number of hydrogen-bond donors (Lipinski definition) is 2. The normalized spacial score (nSPS) is 17.0. The van der Waals surface area contributed by atoms with Crippen molar-refractivity contribution in [3.8, 4) is 0 Å². The van der Waals surface area contributed by atoms with Gasteiger partial charge < -0.3 is 10.1 Å². The molecule has 0 radical (unpaired) electrons. The summed E-state index contributed by atoms with van der Waals surface area (Å²) in [6.07, 6.45) is 1.95. The van der Waals surface area contributed by atoms with Crippen LogP contribution < -0.4 is 11.0 Å². The van der Waals surface area contributed by atoms with Crippen LogP contribution in [0, 0.1) is 0 Å². The average molecular weight is 392 g/mol. The van der Waals surface area contributed by atoms with Crippen LogP contribution in [0.2, 0.25) is 0 Å². The molecule has 1 saturated heterocycles. The van der Waals surface area contributed by atoms with E-state index in [1.54, 1.807) is 6.07 Å². The number of hydrogen-bond acceptors (Lipinski definition) is 8. The number of benzene rings is 1. The number of aromatic nitrogens is 5. The molecule has 0 spiro atoms. The number of aromatic amines is 1. The quantitative estimate of drug-likeness (QED) is 0.611. The molecule has 3 heterocycles. The molecule has 2 N–H and O–H groups in total. The van der Waals surface area contributed by atoms with Crippen molar-refractivity contribution in [2.24, 2.45) is 0 Å². The number of fused-ring (bicyclic) bond motifs is 1. The monoisotopic (exact) mass is 392 g/mol. The van der Waals surface area contributed by atoms with E-state index in [9.17, 15) is 9.59 Å². The van der Waals surface area contributed by atoms with E-state index in [-0.39, 0.29) is 23.5 Å². The highest BCUT2D eigenvalue weighted by atomic mass is 32.2. The van der Waals surface area contributed by atoms with Gasteiger partial charge in [0.25, 0.3) is 0 Å². The van der Waals surface area contributed by atoms with Crippen LogP contribution in [0.25, 0.3) is 11.0 Å². The summed E-state index contributed by atoms with van der Waals surface area (Å²) < 4.78 is 15.4. The van der Waals surface area contributed by atoms with Crippen molar-refractivity contribution in [1.82, 2.24) is 23.5 Å². The molecule has 1 fully saturated rings. The first kappa shape index (κ1) is 17.2. The van der Waals surface area contributed by atoms with Gasteiger partial charge in [0.05, 0.1) is 35.8 Å². The Balaban J connectivity index is 1.40. The molecule has 3 aromatic rings. The summed E-state index contributed by atoms with van der Waals surface area (Å²) in [7, 11) is 0. The van der Waals surface area contributed by atoms with E-state index in [1.165, 1.54) is 16.3 Å². The highest BCUT2D eigenvalue weighted by Crippen LogP contribution is 2.22. The molecule has 1 aliphatic heterocycles. The van der Waals surface area contributed by atoms with Crippen LogP contribution in [0.15, 0.2) is 28.2 Å². The van der Waals surface area contributed by atoms with E-state index in [4.69, 9.17) is 4.74 Å². The third kappa shape index (κ3) is 3.64. The highest BCUT2D eigenvalue weighted by molar-refractivity contribution is 7.99. The first-order valence-corrected chi connectivity index (χ1v) is 9.83. The van der Waals surface area contributed by atoms with Crippen molar-refractivity contribution >= 4 is 46.1 Å². The van der Waals surface area contributed by atoms with Gasteiger partial charge in [0.1, 0.15) is 11.0 Å². The summed E-state index contributed by atoms with van der Waals surface area (Å²) in [4.78, 5) is 24.2. The molecule has 0 unspecified atom stereocenters. The van der Waals surface area contributed by atoms with Gasteiger partial charge in [-0.2, -0.15) is 8.75 Å². The maximum atomic E-state index is 12.3. The van der Waals surface area contributed by atoms with E-state index >= 15 is 0 Å². The van der Waals surface area contributed by atoms with Gasteiger partial charge >= 0.3 is 5.69 Å². The number of amides is 1. The second kappa shape index (κ2) is 7.56. The van der Waals surface area contributed by atoms with Crippen molar-refractivity contribution in [2.75, 3.05) is 17.7 Å². The molecule has 9 nitrogen and oxygen atoms in total. The summed E-state index contributed by atoms with van der Waals surface area (Å²) in [6.45, 7) is 1.17. The SMILES string of the molecule is O=C(CSc1n[nH]c(=O)n1C[C@@H]1CCCO1)Nc1cccc2nsnc12. The van der Waals surface area contributed by atoms with Crippen molar-refractivity contribution in [3.63, 3.8) is 0 Å². The molecule has 136 valence electrons. The lowest BCUT2D eigenvalue weighted by molar-refractivity contribution is -0.113. The van der Waals surface area contributed by atoms with Crippen LogP contribution >= 0.6 is 23.5 Å². The summed E-state index contributed by atoms with van der Waals surface area (Å²) in [5.41, 5.74) is 1.76. The number of nitrogens with zero attached hydrogens (tertiary/aromatic N) is 4. The largest absolute Gasteiger partial charge is 0.376 e. The first-order valence-electron chi connectivity index (χ1n) is 8.11. The number of nitrogens with one attached hydrogen (secondary N) is 2. The van der Waals surface area contributed by atoms with Crippen LogP contribution in [-0.4, -0.2) is 47.9 Å². The van der Waals surface area contributed by atoms with Crippen molar-refractivity contribution in [3.05, 3.63) is 28.7 Å². The molecule has 1 atom stereocenters. The van der Waals surface area contributed by atoms with E-state index < -0.39 is 0 Å². The van der Waals surface area contributed by atoms with Gasteiger partial charge in [-0.3, -0.25) is 9.36 Å². The second-order valence-electron chi connectivity index (χ2n) is 5.83. The standard InChI is InChI=1S/C15H16N6O3S2/c22-12(16-10-4-1-5-11-13(10)20-26-19-11)8-25-15-18-17-14(23)21(15)7-9-3-2-6-24-9/h1,4-5,9H,2-3,6-8H2,(H,16,22)(H,17,23)/t9-/m0/s1. The van der Waals surface area contributed by atoms with Gasteiger partial charge in [-0.1, -0.05) is 17.8 Å². The zero-order valence-electron chi connectivity index (χ0n) is 13.7. The minimum absolute atomic E-state index is 0.0215. The molecule has 0 bridgehead atoms. The Kier molecular flexibility index (Phi) is 5.00. The van der Waals surface area contributed by atoms with Crippen LogP contribution in [0.3, 0.4) is 0 Å². The van der Waals surface area contributed by atoms with Crippen molar-refractivity contribution in [1.29, 1.82) is 0 Å². The lowest BCUT2D eigenvalue weighted by atomic mass is 10.2. The summed E-state index contributed by atoms with van der Waals surface area (Å²) in [5, 5.41) is 9.76. The molecular weight excluding hydrogens is 376 g/mol. The number of ether oxygens (including phenoxy) is 1. The van der Waals surface area contributed by atoms with E-state index in [0.29, 0.717) is 22.9 Å². The second-order valence-corrected chi connectivity index (χ2v) is 7.30. The van der Waals surface area contributed by atoms with Gasteiger partial charge in [0.15, 0.2) is 5.16 Å². The molecule has 1 amide bonds. The zero-order valence-corrected chi connectivity index (χ0v) is 15.3. The van der Waals surface area contributed by atoms with Crippen molar-refractivity contribution < 1.29 is 9.53 Å². The molecular formula is C15H16N6O3S2. The number of thioether (sulfide) groups is 1. The smallest absolute Gasteiger partial charge is 0.344 e. The minimum atomic E-state index is -0.290. The lowest BCUT2D eigenvalue weighted by Crippen LogP contribution is -2.25. The Hall–Kier alpha value is -2.24. The zero-order chi connectivity index (χ0) is 17.9. The molecule has 0 aliphatic carbocycles. The lowest BCUT2D eigenvalue weighted by Gasteiger charge is -2.11. The number of carbonyl (C=O) groups is 1. The Morgan fingerprint density at radius 2 is 2.38 bits per heavy atom. The maximum Gasteiger partial charge on any atom is 0.344 e. The molecule has 1 aromatic carbocycles. The minimum Gasteiger partial charge on any atom is -0.376 e. The van der Waals surface area contributed by atoms with E-state index in [2.05, 4.69) is 24.3 Å². The fourth-order valence-corrected chi connectivity index (χ4v) is 4.10. The maximum absolute atomic E-state index is 12.3. The number of rotatable bonds is 6. The molecule has 1 aliphatic rings. The fraction of sp³-hybridized carbons (Fsp3) is 0.400. The number of carbonyl (C=O) groups excluding carboxylic acids is 1. The summed E-state index contributed by atoms with van der Waals surface area (Å²) in [6, 6.07) is 5.45. The summed E-state index contributed by atoms with van der Waals surface area (Å²) in [5.74, 6) is -0.0707. The third-order valence-corrected chi connectivity index (χ3v) is 5.54. The van der Waals surface area contributed by atoms with Gasteiger partial charge in [0.2, 0.25) is 5.91 Å². The number of anilines is 1. The van der Waals surface area contributed by atoms with Gasteiger partial charge in [-0.05, 0) is 25.0 Å². The molecule has 11 heteroatoms. The Labute approximate surface area is 156 Å². The molecule has 2 aromatic heterocycles. The fourth-order valence-electron chi connectivity index (χ4n) is 2.79.